The van der Waals surface area contributed by atoms with E-state index in [1.54, 1.807) is 12.1 Å². The number of halogens is 1. The van der Waals surface area contributed by atoms with Gasteiger partial charge in [-0.1, -0.05) is 17.7 Å². The van der Waals surface area contributed by atoms with Crippen molar-refractivity contribution >= 4 is 11.6 Å². The molecule has 78 valence electrons. The first-order chi connectivity index (χ1) is 6.61. The molecule has 0 radical (unpaired) electrons. The molecule has 5 heteroatoms. The molecule has 0 spiro atoms. The highest BCUT2D eigenvalue weighted by atomic mass is 35.5. The van der Waals surface area contributed by atoms with Crippen molar-refractivity contribution in [1.82, 2.24) is 0 Å². The monoisotopic (exact) mass is 217 g/mol. The van der Waals surface area contributed by atoms with Gasteiger partial charge in [0, 0.05) is 5.56 Å². The Morgan fingerprint density at radius 3 is 2.71 bits per heavy atom. The zero-order valence-electron chi connectivity index (χ0n) is 7.70. The van der Waals surface area contributed by atoms with Crippen LogP contribution >= 0.6 is 11.6 Å². The number of phenolic OH excluding ortho intramolecular Hbond substituents is 1. The second-order valence-electron chi connectivity index (χ2n) is 2.81. The number of nitrogens with two attached hydrogens (primary N) is 1. The Kier molecular flexibility index (Phi) is 3.57. The first-order valence-corrected chi connectivity index (χ1v) is 4.41. The molecule has 0 aliphatic heterocycles. The van der Waals surface area contributed by atoms with E-state index < -0.39 is 6.04 Å². The Bertz CT molecular complexity index is 330. The number of aromatic hydroxyl groups is 1. The van der Waals surface area contributed by atoms with Gasteiger partial charge in [-0.25, -0.2) is 0 Å². The number of benzene rings is 1. The topological polar surface area (TPSA) is 75.7 Å². The van der Waals surface area contributed by atoms with Crippen LogP contribution < -0.4 is 10.5 Å². The number of hydrogen-bond donors (Lipinski definition) is 3. The maximum atomic E-state index is 9.67. The third-order valence-electron chi connectivity index (χ3n) is 1.91. The third kappa shape index (κ3) is 1.92. The summed E-state index contributed by atoms with van der Waals surface area (Å²) in [4.78, 5) is 0. The average Bonchev–Trinajstić information content (AvgIpc) is 2.18. The van der Waals surface area contributed by atoms with Gasteiger partial charge in [-0.3, -0.25) is 0 Å². The van der Waals surface area contributed by atoms with Crippen molar-refractivity contribution in [2.24, 2.45) is 5.73 Å². The van der Waals surface area contributed by atoms with Gasteiger partial charge in [0.1, 0.15) is 0 Å². The predicted molar refractivity (Wildman–Crippen MR) is 53.7 cm³/mol. The zero-order chi connectivity index (χ0) is 10.7. The lowest BCUT2D eigenvalue weighted by atomic mass is 10.1. The maximum Gasteiger partial charge on any atom is 0.179 e. The number of phenols is 1. The quantitative estimate of drug-likeness (QED) is 0.707. The molecule has 1 atom stereocenters. The molecule has 0 aromatic heterocycles. The summed E-state index contributed by atoms with van der Waals surface area (Å²) < 4.78 is 4.89. The Morgan fingerprint density at radius 2 is 2.21 bits per heavy atom. The highest BCUT2D eigenvalue weighted by Gasteiger charge is 2.16. The Morgan fingerprint density at radius 1 is 1.57 bits per heavy atom. The van der Waals surface area contributed by atoms with Gasteiger partial charge in [-0.2, -0.15) is 0 Å². The summed E-state index contributed by atoms with van der Waals surface area (Å²) in [6.45, 7) is -0.252. The lowest BCUT2D eigenvalue weighted by Crippen LogP contribution is -2.14. The zero-order valence-corrected chi connectivity index (χ0v) is 8.45. The van der Waals surface area contributed by atoms with Crippen LogP contribution in [0, 0.1) is 0 Å². The molecule has 0 heterocycles. The van der Waals surface area contributed by atoms with Gasteiger partial charge in [0.25, 0.3) is 0 Å². The van der Waals surface area contributed by atoms with Crippen LogP contribution in [0.1, 0.15) is 11.6 Å². The van der Waals surface area contributed by atoms with Crippen molar-refractivity contribution in [3.8, 4) is 11.5 Å². The molecule has 1 unspecified atom stereocenters. The molecule has 0 saturated heterocycles. The first kappa shape index (κ1) is 11.1. The average molecular weight is 218 g/mol. The van der Waals surface area contributed by atoms with Gasteiger partial charge in [-0.15, -0.1) is 0 Å². The van der Waals surface area contributed by atoms with Gasteiger partial charge in [0.15, 0.2) is 11.5 Å². The van der Waals surface area contributed by atoms with Gasteiger partial charge in [-0.05, 0) is 6.07 Å². The van der Waals surface area contributed by atoms with E-state index in [0.717, 1.165) is 0 Å². The summed E-state index contributed by atoms with van der Waals surface area (Å²) in [5.41, 5.74) is 5.97. The second kappa shape index (κ2) is 4.50. The fourth-order valence-corrected chi connectivity index (χ4v) is 1.38. The fourth-order valence-electron chi connectivity index (χ4n) is 1.15. The molecule has 0 amide bonds. The molecule has 1 rings (SSSR count). The largest absolute Gasteiger partial charge is 0.504 e. The molecule has 4 nitrogen and oxygen atoms in total. The normalized spacial score (nSPS) is 12.6. The number of aliphatic hydroxyl groups is 1. The predicted octanol–water partition coefficient (Wildman–Crippen LogP) is 1.05. The highest BCUT2D eigenvalue weighted by Crippen LogP contribution is 2.38. The minimum Gasteiger partial charge on any atom is -0.504 e. The standard InChI is InChI=1S/C9H12ClNO3/c1-14-9-6(10)3-2-5(8(9)13)7(11)4-12/h2-3,7,12-13H,4,11H2,1H3. The van der Waals surface area contributed by atoms with Crippen molar-refractivity contribution < 1.29 is 14.9 Å². The Labute approximate surface area is 86.9 Å². The molecule has 1 aromatic carbocycles. The minimum absolute atomic E-state index is 0.124. The first-order valence-electron chi connectivity index (χ1n) is 4.03. The highest BCUT2D eigenvalue weighted by molar-refractivity contribution is 6.32. The van der Waals surface area contributed by atoms with Gasteiger partial charge in [0.2, 0.25) is 0 Å². The van der Waals surface area contributed by atoms with Gasteiger partial charge in [0.05, 0.1) is 24.8 Å². The number of methoxy groups -OCH3 is 1. The summed E-state index contributed by atoms with van der Waals surface area (Å²) in [7, 11) is 1.40. The van der Waals surface area contributed by atoms with E-state index in [1.807, 2.05) is 0 Å². The summed E-state index contributed by atoms with van der Waals surface area (Å²) in [6.07, 6.45) is 0. The fraction of sp³-hybridized carbons (Fsp3) is 0.333. The van der Waals surface area contributed by atoms with Crippen LogP contribution in [0.5, 0.6) is 11.5 Å². The van der Waals surface area contributed by atoms with Crippen LogP contribution in [-0.2, 0) is 0 Å². The third-order valence-corrected chi connectivity index (χ3v) is 2.21. The lowest BCUT2D eigenvalue weighted by molar-refractivity contribution is 0.264. The summed E-state index contributed by atoms with van der Waals surface area (Å²) in [5, 5.41) is 18.8. The molecule has 0 aliphatic carbocycles. The summed E-state index contributed by atoms with van der Waals surface area (Å²) >= 11 is 5.76. The Balaban J connectivity index is 3.21. The number of aliphatic hydroxyl groups excluding tert-OH is 1. The van der Waals surface area contributed by atoms with E-state index in [2.05, 4.69) is 0 Å². The molecule has 0 saturated carbocycles. The molecule has 14 heavy (non-hydrogen) atoms. The van der Waals surface area contributed by atoms with Gasteiger partial charge < -0.3 is 20.7 Å². The van der Waals surface area contributed by atoms with E-state index >= 15 is 0 Å². The van der Waals surface area contributed by atoms with Crippen molar-refractivity contribution in [2.75, 3.05) is 13.7 Å². The van der Waals surface area contributed by atoms with E-state index in [9.17, 15) is 5.11 Å². The summed E-state index contributed by atoms with van der Waals surface area (Å²) in [5.74, 6) is 0.0506. The van der Waals surface area contributed by atoms with Crippen LogP contribution in [0.4, 0.5) is 0 Å². The van der Waals surface area contributed by atoms with Crippen LogP contribution in [0.15, 0.2) is 12.1 Å². The lowest BCUT2D eigenvalue weighted by Gasteiger charge is -2.14. The molecule has 4 N–H and O–H groups in total. The van der Waals surface area contributed by atoms with Crippen LogP contribution in [-0.4, -0.2) is 23.9 Å². The molecule has 0 fully saturated rings. The van der Waals surface area contributed by atoms with Crippen molar-refractivity contribution in [3.05, 3.63) is 22.7 Å². The number of ether oxygens (including phenoxy) is 1. The molecular formula is C9H12ClNO3. The molecule has 0 bridgehead atoms. The smallest absolute Gasteiger partial charge is 0.179 e. The molecule has 1 aromatic rings. The summed E-state index contributed by atoms with van der Waals surface area (Å²) in [6, 6.07) is 2.48. The van der Waals surface area contributed by atoms with Crippen molar-refractivity contribution in [1.29, 1.82) is 0 Å². The van der Waals surface area contributed by atoms with Crippen LogP contribution in [0.2, 0.25) is 5.02 Å². The van der Waals surface area contributed by atoms with Crippen molar-refractivity contribution in [3.63, 3.8) is 0 Å². The van der Waals surface area contributed by atoms with Gasteiger partial charge >= 0.3 is 0 Å². The van der Waals surface area contributed by atoms with E-state index in [0.29, 0.717) is 10.6 Å². The Hall–Kier alpha value is -0.970. The van der Waals surface area contributed by atoms with E-state index in [-0.39, 0.29) is 18.1 Å². The van der Waals surface area contributed by atoms with E-state index in [1.165, 1.54) is 7.11 Å². The number of rotatable bonds is 3. The van der Waals surface area contributed by atoms with E-state index in [4.69, 9.17) is 27.2 Å². The van der Waals surface area contributed by atoms with Crippen molar-refractivity contribution in [2.45, 2.75) is 6.04 Å². The van der Waals surface area contributed by atoms with Crippen LogP contribution in [0.25, 0.3) is 0 Å². The molecule has 0 aliphatic rings. The van der Waals surface area contributed by atoms with Crippen LogP contribution in [0.3, 0.4) is 0 Å². The number of hydrogen-bond acceptors (Lipinski definition) is 4. The second-order valence-corrected chi connectivity index (χ2v) is 3.21. The SMILES string of the molecule is COc1c(Cl)ccc(C(N)CO)c1O. The minimum atomic E-state index is -0.638. The maximum absolute atomic E-state index is 9.67. The molecular weight excluding hydrogens is 206 g/mol.